The maximum Gasteiger partial charge on any atom is 0.240 e. The fourth-order valence-corrected chi connectivity index (χ4v) is 0.144. The molecule has 0 saturated carbocycles. The quantitative estimate of drug-likeness (QED) is 0.449. The van der Waals surface area contributed by atoms with Crippen LogP contribution in [-0.2, 0) is 19.3 Å². The van der Waals surface area contributed by atoms with Crippen molar-refractivity contribution in [2.45, 2.75) is 13.8 Å². The third kappa shape index (κ3) is 254. The Morgan fingerprint density at radius 2 is 1.46 bits per heavy atom. The van der Waals surface area contributed by atoms with E-state index in [4.69, 9.17) is 0 Å². The summed E-state index contributed by atoms with van der Waals surface area (Å²) in [6, 6.07) is 0. The van der Waals surface area contributed by atoms with Gasteiger partial charge in [0.1, 0.15) is 0 Å². The number of rotatable bonds is 1. The summed E-state index contributed by atoms with van der Waals surface area (Å²) >= 11 is 0. The van der Waals surface area contributed by atoms with Crippen LogP contribution in [0.5, 0.6) is 0 Å². The third-order valence-corrected chi connectivity index (χ3v) is 0.246. The van der Waals surface area contributed by atoms with Crippen LogP contribution in [0.1, 0.15) is 13.8 Å². The molecule has 7 heteroatoms. The van der Waals surface area contributed by atoms with Crippen LogP contribution >= 0.6 is 0 Å². The number of nitrogens with two attached hydrogens (primary N) is 2. The van der Waals surface area contributed by atoms with Crippen LogP contribution in [0, 0.1) is 0 Å². The molecule has 0 aromatic heterocycles. The van der Waals surface area contributed by atoms with E-state index >= 15 is 0 Å². The van der Waals surface area contributed by atoms with Crippen molar-refractivity contribution in [1.82, 2.24) is 5.48 Å². The average Bonchev–Trinajstić information content (AvgIpc) is 1.86. The van der Waals surface area contributed by atoms with Crippen LogP contribution < -0.4 is 17.1 Å². The zero-order valence-corrected chi connectivity index (χ0v) is 8.29. The van der Waals surface area contributed by atoms with Gasteiger partial charge in [-0.15, -0.1) is 0 Å². The highest BCUT2D eigenvalue weighted by molar-refractivity contribution is 5.71. The number of primary amides is 1. The second-order valence-electron chi connectivity index (χ2n) is 1.71. The van der Waals surface area contributed by atoms with Gasteiger partial charge in [0.25, 0.3) is 0 Å². The van der Waals surface area contributed by atoms with Gasteiger partial charge in [0.05, 0.1) is 14.2 Å². The molecule has 0 spiro atoms. The molecule has 0 aromatic carbocycles. The highest BCUT2D eigenvalue weighted by Crippen LogP contribution is 1.53. The number of hydroxylamine groups is 1. The van der Waals surface area contributed by atoms with Crippen molar-refractivity contribution >= 4 is 11.8 Å². The number of hydrogen-bond donors (Lipinski definition) is 3. The van der Waals surface area contributed by atoms with Gasteiger partial charge in [-0.05, 0) is 0 Å². The van der Waals surface area contributed by atoms with E-state index in [1.54, 1.807) is 0 Å². The Hall–Kier alpha value is -1.18. The molecule has 0 fully saturated rings. The Kier molecular flexibility index (Phi) is 23.3. The maximum absolute atomic E-state index is 9.81. The lowest BCUT2D eigenvalue weighted by atomic mass is 10.8. The molecule has 0 unspecified atom stereocenters. The molecule has 0 aliphatic rings. The predicted molar refractivity (Wildman–Crippen MR) is 46.9 cm³/mol. The Labute approximate surface area is 77.3 Å². The van der Waals surface area contributed by atoms with E-state index in [1.165, 1.54) is 28.1 Å². The highest BCUT2D eigenvalue weighted by atomic mass is 16.6. The summed E-state index contributed by atoms with van der Waals surface area (Å²) in [6.07, 6.45) is 0. The second-order valence-corrected chi connectivity index (χ2v) is 1.71. The number of carbonyl (C=O) groups is 2. The van der Waals surface area contributed by atoms with E-state index in [0.29, 0.717) is 0 Å². The molecule has 5 N–H and O–H groups in total. The minimum atomic E-state index is -0.333. The van der Waals surface area contributed by atoms with Crippen LogP contribution in [0.4, 0.5) is 0 Å². The molecule has 0 atom stereocenters. The maximum atomic E-state index is 9.81. The van der Waals surface area contributed by atoms with Gasteiger partial charge in [-0.3, -0.25) is 14.4 Å². The second kappa shape index (κ2) is 17.1. The first kappa shape index (κ1) is 17.8. The van der Waals surface area contributed by atoms with Crippen LogP contribution in [0.25, 0.3) is 0 Å². The molecule has 0 aliphatic heterocycles. The first-order chi connectivity index (χ1) is 5.92. The SMILES string of the molecule is CC(N)=O.CON.CONC(C)=O. The summed E-state index contributed by atoms with van der Waals surface area (Å²) < 4.78 is 0. The van der Waals surface area contributed by atoms with Crippen molar-refractivity contribution in [2.24, 2.45) is 11.6 Å². The molecule has 0 rings (SSSR count). The van der Waals surface area contributed by atoms with E-state index < -0.39 is 0 Å². The van der Waals surface area contributed by atoms with Crippen LogP contribution in [0.2, 0.25) is 0 Å². The fourth-order valence-electron chi connectivity index (χ4n) is 0.144. The standard InChI is InChI=1S/C3H7NO2.C2H5NO.CH5NO/c1-3(5)4-6-2;1-2(3)4;1-3-2/h1-2H3,(H,4,5);1H3,(H2,3,4);2H2,1H3. The summed E-state index contributed by atoms with van der Waals surface area (Å²) in [5, 5.41) is 0. The van der Waals surface area contributed by atoms with Gasteiger partial charge >= 0.3 is 0 Å². The van der Waals surface area contributed by atoms with E-state index in [-0.39, 0.29) is 11.8 Å². The van der Waals surface area contributed by atoms with Gasteiger partial charge in [-0.1, -0.05) is 0 Å². The first-order valence-electron chi connectivity index (χ1n) is 3.20. The van der Waals surface area contributed by atoms with E-state index in [9.17, 15) is 9.59 Å². The van der Waals surface area contributed by atoms with Gasteiger partial charge in [0.15, 0.2) is 0 Å². The molecule has 80 valence electrons. The van der Waals surface area contributed by atoms with Gasteiger partial charge in [-0.25, -0.2) is 11.4 Å². The lowest BCUT2D eigenvalue weighted by molar-refractivity contribution is -0.129. The molecule has 13 heavy (non-hydrogen) atoms. The Bertz CT molecular complexity index is 125. The minimum absolute atomic E-state index is 0.183. The lowest BCUT2D eigenvalue weighted by Crippen LogP contribution is -2.17. The van der Waals surface area contributed by atoms with Gasteiger partial charge in [0, 0.05) is 13.8 Å². The topological polar surface area (TPSA) is 117 Å². The molecular weight excluding hydrogens is 178 g/mol. The van der Waals surface area contributed by atoms with Crippen molar-refractivity contribution in [3.05, 3.63) is 0 Å². The van der Waals surface area contributed by atoms with Crippen molar-refractivity contribution in [2.75, 3.05) is 14.2 Å². The summed E-state index contributed by atoms with van der Waals surface area (Å²) in [6.45, 7) is 2.68. The highest BCUT2D eigenvalue weighted by Gasteiger charge is 1.79. The minimum Gasteiger partial charge on any atom is -0.370 e. The number of amides is 2. The molecular formula is C6H17N3O4. The molecule has 0 aromatic rings. The Morgan fingerprint density at radius 1 is 1.23 bits per heavy atom. The molecule has 7 nitrogen and oxygen atoms in total. The lowest BCUT2D eigenvalue weighted by Gasteiger charge is -1.90. The zero-order chi connectivity index (χ0) is 11.3. The van der Waals surface area contributed by atoms with Crippen molar-refractivity contribution in [1.29, 1.82) is 0 Å². The molecule has 0 radical (unpaired) electrons. The summed E-state index contributed by atoms with van der Waals surface area (Å²) in [7, 11) is 2.79. The molecule has 0 heterocycles. The predicted octanol–water partition coefficient (Wildman–Crippen LogP) is -1.32. The van der Waals surface area contributed by atoms with Gasteiger partial charge in [-0.2, -0.15) is 0 Å². The van der Waals surface area contributed by atoms with Crippen molar-refractivity contribution < 1.29 is 19.3 Å². The van der Waals surface area contributed by atoms with Crippen molar-refractivity contribution in [3.8, 4) is 0 Å². The smallest absolute Gasteiger partial charge is 0.240 e. The van der Waals surface area contributed by atoms with E-state index in [1.807, 2.05) is 0 Å². The third-order valence-electron chi connectivity index (χ3n) is 0.246. The number of hydrogen-bond acceptors (Lipinski definition) is 5. The van der Waals surface area contributed by atoms with E-state index in [2.05, 4.69) is 26.8 Å². The van der Waals surface area contributed by atoms with Crippen molar-refractivity contribution in [3.63, 3.8) is 0 Å². The number of nitrogens with one attached hydrogen (secondary N) is 1. The Balaban J connectivity index is -0.000000125. The zero-order valence-electron chi connectivity index (χ0n) is 8.29. The van der Waals surface area contributed by atoms with Gasteiger partial charge < -0.3 is 10.6 Å². The summed E-state index contributed by atoms with van der Waals surface area (Å²) in [5.74, 6) is 3.83. The van der Waals surface area contributed by atoms with E-state index in [0.717, 1.165) is 0 Å². The monoisotopic (exact) mass is 195 g/mol. The normalized spacial score (nSPS) is 6.85. The molecule has 0 bridgehead atoms. The van der Waals surface area contributed by atoms with Crippen LogP contribution in [0.3, 0.4) is 0 Å². The number of carbonyl (C=O) groups excluding carboxylic acids is 2. The molecule has 0 aliphatic carbocycles. The van der Waals surface area contributed by atoms with Gasteiger partial charge in [0.2, 0.25) is 11.8 Å². The average molecular weight is 195 g/mol. The molecule has 2 amide bonds. The summed E-state index contributed by atoms with van der Waals surface area (Å²) in [5.41, 5.74) is 6.54. The summed E-state index contributed by atoms with van der Waals surface area (Å²) in [4.78, 5) is 27.0. The largest absolute Gasteiger partial charge is 0.370 e. The first-order valence-corrected chi connectivity index (χ1v) is 3.20. The Morgan fingerprint density at radius 3 is 1.46 bits per heavy atom. The van der Waals surface area contributed by atoms with Crippen LogP contribution in [-0.4, -0.2) is 26.0 Å². The van der Waals surface area contributed by atoms with Crippen LogP contribution in [0.15, 0.2) is 0 Å². The molecule has 0 saturated heterocycles. The fraction of sp³-hybridized carbons (Fsp3) is 0.667.